The molecule has 50 valence electrons. The van der Waals surface area contributed by atoms with Crippen molar-refractivity contribution < 1.29 is 0 Å². The minimum absolute atomic E-state index is 0.463. The summed E-state index contributed by atoms with van der Waals surface area (Å²) in [6.07, 6.45) is 0. The Kier molecular flexibility index (Phi) is 1.94. The van der Waals surface area contributed by atoms with Crippen LogP contribution in [0.5, 0.6) is 0 Å². The monoisotopic (exact) mass is 161 g/mol. The molecule has 1 rings (SSSR count). The topological polar surface area (TPSA) is 51.8 Å². The summed E-state index contributed by atoms with van der Waals surface area (Å²) in [5.74, 6) is 3.64. The second-order valence-electron chi connectivity index (χ2n) is 1.52. The summed E-state index contributed by atoms with van der Waals surface area (Å²) < 4.78 is 0.826. The average Bonchev–Trinajstić information content (AvgIpc) is 2.14. The lowest BCUT2D eigenvalue weighted by Crippen LogP contribution is -1.82. The highest BCUT2D eigenvalue weighted by Gasteiger charge is 1.97. The third-order valence-electron chi connectivity index (χ3n) is 0.732. The summed E-state index contributed by atoms with van der Waals surface area (Å²) in [5, 5.41) is 14.0. The van der Waals surface area contributed by atoms with Crippen molar-refractivity contribution in [2.75, 3.05) is 0 Å². The summed E-state index contributed by atoms with van der Waals surface area (Å²) in [4.78, 5) is 0. The second-order valence-corrected chi connectivity index (χ2v) is 4.20. The number of nitrogens with zero attached hydrogens (tertiary/aromatic N) is 2. The van der Waals surface area contributed by atoms with E-state index in [2.05, 4.69) is 16.1 Å². The minimum atomic E-state index is -0.463. The predicted molar refractivity (Wildman–Crippen MR) is 41.8 cm³/mol. The van der Waals surface area contributed by atoms with Crippen LogP contribution in [-0.4, -0.2) is 16.1 Å². The Hall–Kier alpha value is -0.260. The molecule has 1 aromatic rings. The summed E-state index contributed by atoms with van der Waals surface area (Å²) >= 11 is 1.50. The zero-order chi connectivity index (χ0) is 6.85. The predicted octanol–water partition coefficient (Wildman–Crippen LogP) is 0.780. The summed E-state index contributed by atoms with van der Waals surface area (Å²) in [6, 6.07) is 0. The van der Waals surface area contributed by atoms with Crippen molar-refractivity contribution in [2.24, 2.45) is 5.14 Å². The molecular formula is C4H7N3S2. The molecule has 1 aromatic heterocycles. The van der Waals surface area contributed by atoms with Crippen LogP contribution >= 0.6 is 22.0 Å². The standard InChI is InChI=1S/C4H7N3S2/c1-3-6-7-4(8-3)9(2)5/h2,5H2,1H3. The molecular weight excluding hydrogens is 154 g/mol. The normalized spacial score (nSPS) is 13.6. The summed E-state index contributed by atoms with van der Waals surface area (Å²) in [7, 11) is -0.463. The van der Waals surface area contributed by atoms with Gasteiger partial charge in [0.05, 0.1) is 0 Å². The fourth-order valence-electron chi connectivity index (χ4n) is 0.384. The summed E-state index contributed by atoms with van der Waals surface area (Å²) in [6.45, 7) is 1.90. The van der Waals surface area contributed by atoms with E-state index in [1.165, 1.54) is 11.3 Å². The highest BCUT2D eigenvalue weighted by atomic mass is 32.2. The lowest BCUT2D eigenvalue weighted by Gasteiger charge is -1.86. The SMILES string of the molecule is C=S(N)c1nnc(C)s1. The molecule has 0 fully saturated rings. The lowest BCUT2D eigenvalue weighted by molar-refractivity contribution is 0.984. The molecule has 0 radical (unpaired) electrons. The van der Waals surface area contributed by atoms with Gasteiger partial charge in [0, 0.05) is 0 Å². The highest BCUT2D eigenvalue weighted by Crippen LogP contribution is 2.20. The number of hydrogen-bond acceptors (Lipinski definition) is 4. The molecule has 0 aliphatic heterocycles. The molecule has 0 amide bonds. The van der Waals surface area contributed by atoms with Gasteiger partial charge in [-0.15, -0.1) is 10.2 Å². The minimum Gasteiger partial charge on any atom is -0.278 e. The molecule has 0 aliphatic rings. The maximum Gasteiger partial charge on any atom is 0.181 e. The van der Waals surface area contributed by atoms with Gasteiger partial charge in [0.2, 0.25) is 0 Å². The third kappa shape index (κ3) is 1.57. The molecule has 0 saturated carbocycles. The van der Waals surface area contributed by atoms with Gasteiger partial charge in [-0.1, -0.05) is 27.9 Å². The van der Waals surface area contributed by atoms with E-state index in [-0.39, 0.29) is 0 Å². The smallest absolute Gasteiger partial charge is 0.181 e. The first kappa shape index (κ1) is 6.85. The Bertz CT molecular complexity index is 229. The molecule has 1 unspecified atom stereocenters. The van der Waals surface area contributed by atoms with Crippen molar-refractivity contribution in [1.82, 2.24) is 10.2 Å². The van der Waals surface area contributed by atoms with Crippen LogP contribution < -0.4 is 5.14 Å². The van der Waals surface area contributed by atoms with E-state index in [4.69, 9.17) is 5.14 Å². The van der Waals surface area contributed by atoms with Crippen molar-refractivity contribution in [1.29, 1.82) is 0 Å². The van der Waals surface area contributed by atoms with Crippen molar-refractivity contribution in [2.45, 2.75) is 11.3 Å². The molecule has 0 bridgehead atoms. The van der Waals surface area contributed by atoms with Gasteiger partial charge in [-0.3, -0.25) is 5.14 Å². The Morgan fingerprint density at radius 1 is 1.67 bits per heavy atom. The van der Waals surface area contributed by atoms with Gasteiger partial charge < -0.3 is 0 Å². The quantitative estimate of drug-likeness (QED) is 0.619. The van der Waals surface area contributed by atoms with Crippen LogP contribution in [0.15, 0.2) is 4.34 Å². The van der Waals surface area contributed by atoms with Crippen LogP contribution in [0.25, 0.3) is 0 Å². The first-order chi connectivity index (χ1) is 4.20. The van der Waals surface area contributed by atoms with Crippen molar-refractivity contribution in [3.8, 4) is 0 Å². The molecule has 0 spiro atoms. The van der Waals surface area contributed by atoms with E-state index in [1.54, 1.807) is 0 Å². The molecule has 5 heteroatoms. The van der Waals surface area contributed by atoms with E-state index < -0.39 is 10.7 Å². The van der Waals surface area contributed by atoms with Crippen LogP contribution in [0.4, 0.5) is 0 Å². The Morgan fingerprint density at radius 2 is 2.33 bits per heavy atom. The van der Waals surface area contributed by atoms with Crippen LogP contribution in [0.3, 0.4) is 0 Å². The van der Waals surface area contributed by atoms with Gasteiger partial charge in [-0.05, 0) is 6.92 Å². The molecule has 0 saturated heterocycles. The maximum atomic E-state index is 5.45. The van der Waals surface area contributed by atoms with Crippen LogP contribution in [0, 0.1) is 6.92 Å². The van der Waals surface area contributed by atoms with E-state index in [0.717, 1.165) is 9.35 Å². The van der Waals surface area contributed by atoms with Gasteiger partial charge in [-0.2, -0.15) is 0 Å². The van der Waals surface area contributed by atoms with E-state index >= 15 is 0 Å². The molecule has 0 aliphatic carbocycles. The fourth-order valence-corrected chi connectivity index (χ4v) is 1.74. The zero-order valence-electron chi connectivity index (χ0n) is 5.00. The molecule has 1 atom stereocenters. The number of rotatable bonds is 1. The van der Waals surface area contributed by atoms with Crippen molar-refractivity contribution in [3.63, 3.8) is 0 Å². The zero-order valence-corrected chi connectivity index (χ0v) is 6.63. The Labute approximate surface area is 60.0 Å². The largest absolute Gasteiger partial charge is 0.278 e. The van der Waals surface area contributed by atoms with Crippen LogP contribution in [0.1, 0.15) is 5.01 Å². The van der Waals surface area contributed by atoms with E-state index in [0.29, 0.717) is 0 Å². The van der Waals surface area contributed by atoms with Crippen LogP contribution in [0.2, 0.25) is 0 Å². The lowest BCUT2D eigenvalue weighted by atomic mass is 10.9. The molecule has 2 N–H and O–H groups in total. The second kappa shape index (κ2) is 2.55. The number of hydrogen-bond donors (Lipinski definition) is 1. The van der Waals surface area contributed by atoms with E-state index in [1.807, 2.05) is 6.92 Å². The van der Waals surface area contributed by atoms with Crippen molar-refractivity contribution >= 4 is 27.9 Å². The molecule has 1 heterocycles. The average molecular weight is 161 g/mol. The third-order valence-corrected chi connectivity index (χ3v) is 2.79. The molecule has 9 heavy (non-hydrogen) atoms. The summed E-state index contributed by atoms with van der Waals surface area (Å²) in [5.41, 5.74) is 0. The fraction of sp³-hybridized carbons (Fsp3) is 0.250. The number of aromatic nitrogens is 2. The van der Waals surface area contributed by atoms with Gasteiger partial charge in [-0.25, -0.2) is 0 Å². The first-order valence-electron chi connectivity index (χ1n) is 2.28. The first-order valence-corrected chi connectivity index (χ1v) is 4.56. The molecule has 3 nitrogen and oxygen atoms in total. The van der Waals surface area contributed by atoms with Gasteiger partial charge in [0.25, 0.3) is 0 Å². The van der Waals surface area contributed by atoms with Gasteiger partial charge in [0.1, 0.15) is 5.01 Å². The maximum absolute atomic E-state index is 5.45. The molecule has 0 aromatic carbocycles. The van der Waals surface area contributed by atoms with Crippen molar-refractivity contribution in [3.05, 3.63) is 5.01 Å². The highest BCUT2D eigenvalue weighted by molar-refractivity contribution is 8.13. The Balaban J connectivity index is 2.98. The van der Waals surface area contributed by atoms with Gasteiger partial charge in [0.15, 0.2) is 4.34 Å². The number of nitrogens with two attached hydrogens (primary N) is 1. The Morgan fingerprint density at radius 3 is 2.56 bits per heavy atom. The van der Waals surface area contributed by atoms with E-state index in [9.17, 15) is 0 Å². The van der Waals surface area contributed by atoms with Gasteiger partial charge >= 0.3 is 0 Å². The van der Waals surface area contributed by atoms with Crippen LogP contribution in [-0.2, 0) is 0 Å². The number of aryl methyl sites for hydroxylation is 1.